The van der Waals surface area contributed by atoms with Gasteiger partial charge in [-0.3, -0.25) is 9.59 Å². The third-order valence-electron chi connectivity index (χ3n) is 6.61. The maximum atomic E-state index is 13.1. The van der Waals surface area contributed by atoms with E-state index in [0.717, 1.165) is 35.0 Å². The van der Waals surface area contributed by atoms with Gasteiger partial charge in [0, 0.05) is 39.8 Å². The normalized spacial score (nSPS) is 12.3. The monoisotopic (exact) mass is 606 g/mol. The largest absolute Gasteiger partial charge is 0.481 e. The van der Waals surface area contributed by atoms with Crippen molar-refractivity contribution in [3.8, 4) is 11.1 Å². The summed E-state index contributed by atoms with van der Waals surface area (Å²) in [5, 5.41) is 12.5. The quantitative estimate of drug-likeness (QED) is 0.199. The minimum absolute atomic E-state index is 0. The number of carboxylic acids is 1. The van der Waals surface area contributed by atoms with Crippen LogP contribution < -0.4 is 5.32 Å². The van der Waals surface area contributed by atoms with E-state index in [2.05, 4.69) is 23.7 Å². The minimum atomic E-state index is -4.50. The van der Waals surface area contributed by atoms with Gasteiger partial charge >= 0.3 is 12.1 Å². The van der Waals surface area contributed by atoms with Crippen LogP contribution in [0.15, 0.2) is 66.9 Å². The van der Waals surface area contributed by atoms with Gasteiger partial charge < -0.3 is 15.0 Å². The van der Waals surface area contributed by atoms with E-state index in [0.29, 0.717) is 27.6 Å². The van der Waals surface area contributed by atoms with Crippen molar-refractivity contribution in [1.29, 1.82) is 0 Å². The first kappa shape index (κ1) is 32.0. The molecule has 3 aromatic carbocycles. The van der Waals surface area contributed by atoms with E-state index in [1.54, 1.807) is 18.2 Å². The van der Waals surface area contributed by atoms with Gasteiger partial charge in [0.05, 0.1) is 28.6 Å². The predicted molar refractivity (Wildman–Crippen MR) is 158 cm³/mol. The van der Waals surface area contributed by atoms with Crippen molar-refractivity contribution in [2.45, 2.75) is 46.3 Å². The molecule has 0 bridgehead atoms. The number of alkyl halides is 3. The number of nitrogens with zero attached hydrogens (tertiary/aromatic N) is 1. The molecule has 1 aromatic heterocycles. The van der Waals surface area contributed by atoms with Gasteiger partial charge in [0.2, 0.25) is 0 Å². The number of halogens is 5. The number of nitrogens with one attached hydrogen (secondary N) is 1. The fraction of sp³-hybridized carbons (Fsp3) is 0.290. The van der Waals surface area contributed by atoms with Crippen molar-refractivity contribution in [3.05, 3.63) is 93.6 Å². The molecule has 4 rings (SSSR count). The first-order chi connectivity index (χ1) is 18.8. The molecule has 41 heavy (non-hydrogen) atoms. The Bertz CT molecular complexity index is 1550. The molecule has 1 heterocycles. The fourth-order valence-electron chi connectivity index (χ4n) is 4.66. The minimum Gasteiger partial charge on any atom is -0.481 e. The Labute approximate surface area is 246 Å². The maximum Gasteiger partial charge on any atom is 0.416 e. The molecule has 5 nitrogen and oxygen atoms in total. The Hall–Kier alpha value is -3.49. The number of rotatable bonds is 9. The average Bonchev–Trinajstić information content (AvgIpc) is 3.28. The van der Waals surface area contributed by atoms with Crippen LogP contribution >= 0.6 is 23.2 Å². The molecule has 1 atom stereocenters. The van der Waals surface area contributed by atoms with Crippen molar-refractivity contribution in [2.75, 3.05) is 6.54 Å². The molecular weight excluding hydrogens is 576 g/mol. The van der Waals surface area contributed by atoms with Crippen LogP contribution in [0.5, 0.6) is 0 Å². The summed E-state index contributed by atoms with van der Waals surface area (Å²) >= 11 is 12.9. The third kappa shape index (κ3) is 7.43. The SMILES string of the molecule is C.CC(C)CC(c1ccc(C(=O)NCCC(=O)O)cc1)n1ccc2cc(-c3ccc(C(F)(F)F)cc3Cl)c(Cl)cc21. The summed E-state index contributed by atoms with van der Waals surface area (Å²) in [6.45, 7) is 4.27. The summed E-state index contributed by atoms with van der Waals surface area (Å²) in [5.41, 5.74) is 2.35. The molecule has 2 N–H and O–H groups in total. The summed E-state index contributed by atoms with van der Waals surface area (Å²) in [7, 11) is 0. The molecule has 218 valence electrons. The third-order valence-corrected chi connectivity index (χ3v) is 7.23. The van der Waals surface area contributed by atoms with Gasteiger partial charge in [-0.1, -0.05) is 62.7 Å². The molecule has 0 aliphatic heterocycles. The first-order valence-electron chi connectivity index (χ1n) is 12.6. The average molecular weight is 608 g/mol. The van der Waals surface area contributed by atoms with Gasteiger partial charge in [0.25, 0.3) is 5.91 Å². The van der Waals surface area contributed by atoms with Crippen molar-refractivity contribution < 1.29 is 27.9 Å². The molecule has 0 spiro atoms. The van der Waals surface area contributed by atoms with Gasteiger partial charge in [0.1, 0.15) is 0 Å². The highest BCUT2D eigenvalue weighted by Crippen LogP contribution is 2.40. The van der Waals surface area contributed by atoms with E-state index >= 15 is 0 Å². The lowest BCUT2D eigenvalue weighted by molar-refractivity contribution is -0.138. The molecule has 1 unspecified atom stereocenters. The fourth-order valence-corrected chi connectivity index (χ4v) is 5.21. The number of aliphatic carboxylic acids is 1. The van der Waals surface area contributed by atoms with Crippen LogP contribution in [0.25, 0.3) is 22.0 Å². The van der Waals surface area contributed by atoms with Gasteiger partial charge in [-0.15, -0.1) is 0 Å². The number of hydrogen-bond acceptors (Lipinski definition) is 2. The summed E-state index contributed by atoms with van der Waals surface area (Å²) in [4.78, 5) is 23.1. The zero-order chi connectivity index (χ0) is 29.2. The Morgan fingerprint density at radius 1 is 0.951 bits per heavy atom. The topological polar surface area (TPSA) is 71.3 Å². The summed E-state index contributed by atoms with van der Waals surface area (Å²) in [6.07, 6.45) is -1.92. The highest BCUT2D eigenvalue weighted by Gasteiger charge is 2.31. The van der Waals surface area contributed by atoms with Crippen molar-refractivity contribution in [1.82, 2.24) is 9.88 Å². The van der Waals surface area contributed by atoms with Crippen LogP contribution in [0.2, 0.25) is 10.0 Å². The number of aromatic nitrogens is 1. The number of amides is 1. The van der Waals surface area contributed by atoms with Crippen molar-refractivity contribution >= 4 is 46.0 Å². The molecule has 0 aliphatic carbocycles. The highest BCUT2D eigenvalue weighted by molar-refractivity contribution is 6.37. The lowest BCUT2D eigenvalue weighted by Crippen LogP contribution is -2.26. The van der Waals surface area contributed by atoms with Crippen LogP contribution in [0.3, 0.4) is 0 Å². The van der Waals surface area contributed by atoms with E-state index in [-0.39, 0.29) is 37.4 Å². The molecule has 4 aromatic rings. The Morgan fingerprint density at radius 2 is 1.61 bits per heavy atom. The second-order valence-electron chi connectivity index (χ2n) is 9.97. The van der Waals surface area contributed by atoms with Gasteiger partial charge in [0.15, 0.2) is 0 Å². The second kappa shape index (κ2) is 13.0. The first-order valence-corrected chi connectivity index (χ1v) is 13.4. The predicted octanol–water partition coefficient (Wildman–Crippen LogP) is 9.11. The van der Waals surface area contributed by atoms with E-state index in [1.807, 2.05) is 30.5 Å². The van der Waals surface area contributed by atoms with Crippen LogP contribution in [-0.4, -0.2) is 28.1 Å². The number of carboxylic acid groups (broad SMARTS) is 1. The second-order valence-corrected chi connectivity index (χ2v) is 10.8. The molecule has 10 heteroatoms. The Kier molecular flexibility index (Phi) is 10.2. The standard InChI is InChI=1S/C30H27Cl2F3N2O3.CH4/c1-17(2)13-26(18-3-5-19(6-4-18)29(40)36-11-9-28(38)39)37-12-10-20-14-23(25(32)16-27(20)37)22-8-7-21(15-24(22)31)30(33,34)35;/h3-8,10,12,14-17,26H,9,11,13H2,1-2H3,(H,36,40)(H,38,39);1H4. The van der Waals surface area contributed by atoms with Gasteiger partial charge in [-0.2, -0.15) is 13.2 Å². The number of benzene rings is 3. The lowest BCUT2D eigenvalue weighted by Gasteiger charge is -2.23. The molecule has 0 saturated carbocycles. The Morgan fingerprint density at radius 3 is 2.20 bits per heavy atom. The van der Waals surface area contributed by atoms with Gasteiger partial charge in [-0.05, 0) is 60.4 Å². The summed E-state index contributed by atoms with van der Waals surface area (Å²) < 4.78 is 41.4. The zero-order valence-corrected chi connectivity index (χ0v) is 23.2. The van der Waals surface area contributed by atoms with E-state index in [4.69, 9.17) is 28.3 Å². The van der Waals surface area contributed by atoms with Crippen LogP contribution in [-0.2, 0) is 11.0 Å². The smallest absolute Gasteiger partial charge is 0.416 e. The van der Waals surface area contributed by atoms with E-state index < -0.39 is 17.7 Å². The van der Waals surface area contributed by atoms with Crippen LogP contribution in [0.4, 0.5) is 13.2 Å². The van der Waals surface area contributed by atoms with Gasteiger partial charge in [-0.25, -0.2) is 0 Å². The van der Waals surface area contributed by atoms with Crippen LogP contribution in [0.1, 0.15) is 61.6 Å². The van der Waals surface area contributed by atoms with E-state index in [1.165, 1.54) is 6.07 Å². The molecule has 0 aliphatic rings. The van der Waals surface area contributed by atoms with Crippen molar-refractivity contribution in [2.24, 2.45) is 5.92 Å². The molecule has 0 fully saturated rings. The summed E-state index contributed by atoms with van der Waals surface area (Å²) in [5.74, 6) is -0.996. The molecule has 0 saturated heterocycles. The zero-order valence-electron chi connectivity index (χ0n) is 21.7. The highest BCUT2D eigenvalue weighted by atomic mass is 35.5. The number of carbonyl (C=O) groups excluding carboxylic acids is 1. The lowest BCUT2D eigenvalue weighted by atomic mass is 9.95. The molecule has 1 amide bonds. The van der Waals surface area contributed by atoms with Crippen molar-refractivity contribution in [3.63, 3.8) is 0 Å². The molecular formula is C31H31Cl2F3N2O3. The summed E-state index contributed by atoms with van der Waals surface area (Å²) in [6, 6.07) is 15.8. The molecule has 0 radical (unpaired) electrons. The van der Waals surface area contributed by atoms with E-state index in [9.17, 15) is 22.8 Å². The maximum absolute atomic E-state index is 13.1. The number of carbonyl (C=O) groups is 2. The number of hydrogen-bond donors (Lipinski definition) is 2. The van der Waals surface area contributed by atoms with Crippen LogP contribution in [0, 0.1) is 5.92 Å². The Balaban J connectivity index is 0.00000462. The number of fused-ring (bicyclic) bond motifs is 1.